The van der Waals surface area contributed by atoms with E-state index in [0.29, 0.717) is 11.5 Å². The molecule has 1 radical (unpaired) electrons. The number of carbonyl (C=O) groups is 2. The van der Waals surface area contributed by atoms with E-state index in [1.54, 1.807) is 18.7 Å². The molecule has 163 valence electrons. The van der Waals surface area contributed by atoms with Crippen LogP contribution in [0.5, 0.6) is 0 Å². The van der Waals surface area contributed by atoms with E-state index in [1.807, 2.05) is 26.0 Å². The van der Waals surface area contributed by atoms with E-state index in [1.165, 1.54) is 6.92 Å². The van der Waals surface area contributed by atoms with E-state index in [9.17, 15) is 14.7 Å². The normalized spacial score (nSPS) is 13.2. The number of benzene rings is 1. The van der Waals surface area contributed by atoms with Gasteiger partial charge in [0.1, 0.15) is 6.04 Å². The van der Waals surface area contributed by atoms with Gasteiger partial charge in [-0.1, -0.05) is 39.0 Å². The highest BCUT2D eigenvalue weighted by Crippen LogP contribution is 2.13. The highest BCUT2D eigenvalue weighted by Gasteiger charge is 2.26. The van der Waals surface area contributed by atoms with Crippen LogP contribution in [-0.2, 0) is 16.0 Å². The molecule has 2 atom stereocenters. The summed E-state index contributed by atoms with van der Waals surface area (Å²) in [6.45, 7) is 10.8. The van der Waals surface area contributed by atoms with Gasteiger partial charge in [0.2, 0.25) is 5.91 Å². The zero-order valence-corrected chi connectivity index (χ0v) is 18.2. The minimum Gasteiger partial charge on any atom is -0.391 e. The van der Waals surface area contributed by atoms with E-state index in [-0.39, 0.29) is 5.91 Å². The first-order valence-electron chi connectivity index (χ1n) is 10.6. The Morgan fingerprint density at radius 3 is 2.52 bits per heavy atom. The SMILES string of the molecule is CCCOCCCCc1ccccc1C(=O)N[C@H](C(=O)N[CH]CC(C)C)[C@@H](C)O. The van der Waals surface area contributed by atoms with Gasteiger partial charge >= 0.3 is 0 Å². The first-order chi connectivity index (χ1) is 13.9. The average Bonchev–Trinajstić information content (AvgIpc) is 2.68. The fraction of sp³-hybridized carbons (Fsp3) is 0.609. The lowest BCUT2D eigenvalue weighted by Gasteiger charge is -2.21. The fourth-order valence-electron chi connectivity index (χ4n) is 2.84. The summed E-state index contributed by atoms with van der Waals surface area (Å²) in [6.07, 6.45) is 3.33. The van der Waals surface area contributed by atoms with E-state index < -0.39 is 18.1 Å². The number of amides is 2. The number of rotatable bonds is 14. The van der Waals surface area contributed by atoms with Crippen molar-refractivity contribution in [3.8, 4) is 0 Å². The van der Waals surface area contributed by atoms with Gasteiger partial charge in [-0.2, -0.15) is 0 Å². The quantitative estimate of drug-likeness (QED) is 0.415. The maximum absolute atomic E-state index is 12.8. The number of hydrogen-bond acceptors (Lipinski definition) is 4. The topological polar surface area (TPSA) is 87.7 Å². The molecule has 0 bridgehead atoms. The molecule has 29 heavy (non-hydrogen) atoms. The van der Waals surface area contributed by atoms with Crippen molar-refractivity contribution in [2.75, 3.05) is 13.2 Å². The van der Waals surface area contributed by atoms with Crippen molar-refractivity contribution in [2.24, 2.45) is 5.92 Å². The van der Waals surface area contributed by atoms with E-state index in [2.05, 4.69) is 17.6 Å². The van der Waals surface area contributed by atoms with Crippen LogP contribution in [0, 0.1) is 12.5 Å². The number of nitrogens with one attached hydrogen (secondary N) is 2. The number of unbranched alkanes of at least 4 members (excludes halogenated alkanes) is 1. The molecule has 1 aromatic carbocycles. The third-order valence-corrected chi connectivity index (χ3v) is 4.48. The van der Waals surface area contributed by atoms with Crippen LogP contribution in [-0.4, -0.2) is 42.3 Å². The number of carbonyl (C=O) groups excluding carboxylic acids is 2. The van der Waals surface area contributed by atoms with Crippen LogP contribution < -0.4 is 10.6 Å². The molecule has 2 amide bonds. The molecule has 0 saturated carbocycles. The van der Waals surface area contributed by atoms with Crippen molar-refractivity contribution in [3.05, 3.63) is 41.9 Å². The monoisotopic (exact) mass is 405 g/mol. The third kappa shape index (κ3) is 9.90. The molecule has 6 nitrogen and oxygen atoms in total. The molecule has 0 saturated heterocycles. The van der Waals surface area contributed by atoms with Gasteiger partial charge in [0.05, 0.1) is 6.10 Å². The Balaban J connectivity index is 2.67. The zero-order chi connectivity index (χ0) is 21.6. The molecule has 0 aliphatic rings. The molecule has 0 spiro atoms. The number of aryl methyl sites for hydroxylation is 1. The lowest BCUT2D eigenvalue weighted by Crippen LogP contribution is -2.52. The zero-order valence-electron chi connectivity index (χ0n) is 18.2. The van der Waals surface area contributed by atoms with E-state index >= 15 is 0 Å². The number of aliphatic hydroxyl groups is 1. The minimum absolute atomic E-state index is 0.354. The van der Waals surface area contributed by atoms with Crippen LogP contribution >= 0.6 is 0 Å². The molecule has 1 rings (SSSR count). The first-order valence-corrected chi connectivity index (χ1v) is 10.6. The predicted octanol–water partition coefficient (Wildman–Crippen LogP) is 3.24. The van der Waals surface area contributed by atoms with Crippen molar-refractivity contribution < 1.29 is 19.4 Å². The van der Waals surface area contributed by atoms with Gasteiger partial charge < -0.3 is 20.5 Å². The summed E-state index contributed by atoms with van der Waals surface area (Å²) >= 11 is 0. The summed E-state index contributed by atoms with van der Waals surface area (Å²) in [7, 11) is 0. The van der Waals surface area contributed by atoms with Gasteiger partial charge in [0.15, 0.2) is 0 Å². The predicted molar refractivity (Wildman–Crippen MR) is 115 cm³/mol. The first kappa shape index (κ1) is 25.1. The molecule has 3 N–H and O–H groups in total. The van der Waals surface area contributed by atoms with Crippen molar-refractivity contribution in [2.45, 2.75) is 71.9 Å². The lowest BCUT2D eigenvalue weighted by atomic mass is 10.0. The Bertz CT molecular complexity index is 617. The molecule has 0 aliphatic heterocycles. The van der Waals surface area contributed by atoms with Crippen LogP contribution in [0.3, 0.4) is 0 Å². The fourth-order valence-corrected chi connectivity index (χ4v) is 2.84. The van der Waals surface area contributed by atoms with Crippen LogP contribution in [0.2, 0.25) is 0 Å². The van der Waals surface area contributed by atoms with Gasteiger partial charge in [-0.3, -0.25) is 9.59 Å². The smallest absolute Gasteiger partial charge is 0.252 e. The summed E-state index contributed by atoms with van der Waals surface area (Å²) in [4.78, 5) is 25.2. The van der Waals surface area contributed by atoms with Crippen molar-refractivity contribution in [3.63, 3.8) is 0 Å². The Labute approximate surface area is 175 Å². The molecule has 0 aromatic heterocycles. The molecular formula is C23H37N2O4. The molecule has 1 aromatic rings. The molecular weight excluding hydrogens is 368 g/mol. The number of aliphatic hydroxyl groups excluding tert-OH is 1. The van der Waals surface area contributed by atoms with Crippen molar-refractivity contribution in [1.29, 1.82) is 0 Å². The Morgan fingerprint density at radius 1 is 1.14 bits per heavy atom. The maximum atomic E-state index is 12.8. The maximum Gasteiger partial charge on any atom is 0.252 e. The van der Waals surface area contributed by atoms with Crippen LogP contribution in [0.25, 0.3) is 0 Å². The Hall–Kier alpha value is -1.92. The second-order valence-corrected chi connectivity index (χ2v) is 7.76. The summed E-state index contributed by atoms with van der Waals surface area (Å²) in [5.74, 6) is -0.360. The number of hydrogen-bond donors (Lipinski definition) is 3. The highest BCUT2D eigenvalue weighted by molar-refractivity contribution is 5.98. The Kier molecular flexibility index (Phi) is 12.2. The van der Waals surface area contributed by atoms with Gasteiger partial charge in [-0.25, -0.2) is 0 Å². The van der Waals surface area contributed by atoms with Gasteiger partial charge in [-0.15, -0.1) is 0 Å². The summed E-state index contributed by atoms with van der Waals surface area (Å²) < 4.78 is 5.50. The van der Waals surface area contributed by atoms with Crippen molar-refractivity contribution in [1.82, 2.24) is 10.6 Å². The summed E-state index contributed by atoms with van der Waals surface area (Å²) in [5.41, 5.74) is 1.46. The molecule has 6 heteroatoms. The summed E-state index contributed by atoms with van der Waals surface area (Å²) in [5, 5.41) is 15.4. The second-order valence-electron chi connectivity index (χ2n) is 7.76. The lowest BCUT2D eigenvalue weighted by molar-refractivity contribution is -0.124. The van der Waals surface area contributed by atoms with Gasteiger partial charge in [-0.05, 0) is 56.6 Å². The van der Waals surface area contributed by atoms with Crippen LogP contribution in [0.1, 0.15) is 69.3 Å². The third-order valence-electron chi connectivity index (χ3n) is 4.48. The molecule has 0 aliphatic carbocycles. The van der Waals surface area contributed by atoms with E-state index in [0.717, 1.165) is 50.9 Å². The van der Waals surface area contributed by atoms with Gasteiger partial charge in [0, 0.05) is 25.3 Å². The van der Waals surface area contributed by atoms with Crippen molar-refractivity contribution >= 4 is 11.8 Å². The largest absolute Gasteiger partial charge is 0.391 e. The highest BCUT2D eigenvalue weighted by atomic mass is 16.5. The van der Waals surface area contributed by atoms with Gasteiger partial charge in [0.25, 0.3) is 5.91 Å². The second kappa shape index (κ2) is 14.1. The standard InChI is InChI=1S/C23H37N2O4/c1-5-15-29-16-9-8-11-19-10-6-7-12-20(19)22(27)25-21(18(4)26)23(28)24-14-13-17(2)3/h6-7,10,12,14,17-18,21,26H,5,8-9,11,13,15-16H2,1-4H3,(H,24,28)(H,25,27)/t18-,21+/m1/s1. The molecule has 0 fully saturated rings. The van der Waals surface area contributed by atoms with Crippen LogP contribution in [0.4, 0.5) is 0 Å². The average molecular weight is 406 g/mol. The Morgan fingerprint density at radius 2 is 1.86 bits per heavy atom. The molecule has 0 unspecified atom stereocenters. The summed E-state index contributed by atoms with van der Waals surface area (Å²) in [6, 6.07) is 6.37. The van der Waals surface area contributed by atoms with Crippen LogP contribution in [0.15, 0.2) is 24.3 Å². The number of ether oxygens (including phenoxy) is 1. The minimum atomic E-state index is -1.01. The molecule has 0 heterocycles. The van der Waals surface area contributed by atoms with E-state index in [4.69, 9.17) is 4.74 Å².